The molecule has 0 heterocycles. The lowest BCUT2D eigenvalue weighted by atomic mass is 10.1. The average molecular weight is 298 g/mol. The van der Waals surface area contributed by atoms with Gasteiger partial charge in [0, 0.05) is 24.8 Å². The Morgan fingerprint density at radius 3 is 2.50 bits per heavy atom. The van der Waals surface area contributed by atoms with Crippen LogP contribution in [0.2, 0.25) is 0 Å². The van der Waals surface area contributed by atoms with Gasteiger partial charge in [0.05, 0.1) is 0 Å². The first-order valence-electron chi connectivity index (χ1n) is 7.51. The summed E-state index contributed by atoms with van der Waals surface area (Å²) in [5, 5.41) is 6.12. The molecule has 0 aliphatic carbocycles. The summed E-state index contributed by atoms with van der Waals surface area (Å²) in [5.41, 5.74) is 3.24. The summed E-state index contributed by atoms with van der Waals surface area (Å²) in [6.45, 7) is 4.96. The molecule has 0 unspecified atom stereocenters. The first-order chi connectivity index (χ1) is 10.7. The quantitative estimate of drug-likeness (QED) is 0.766. The number of para-hydroxylation sites is 1. The Morgan fingerprint density at radius 1 is 1.09 bits per heavy atom. The predicted molar refractivity (Wildman–Crippen MR) is 90.6 cm³/mol. The molecule has 0 aliphatic heterocycles. The number of hydrogen-bond acceptors (Lipinski definition) is 3. The van der Waals surface area contributed by atoms with Crippen molar-refractivity contribution in [1.82, 2.24) is 0 Å². The third-order valence-electron chi connectivity index (χ3n) is 3.26. The van der Waals surface area contributed by atoms with Gasteiger partial charge in [-0.05, 0) is 42.3 Å². The molecule has 4 nitrogen and oxygen atoms in total. The molecule has 0 saturated heterocycles. The van der Waals surface area contributed by atoms with E-state index in [-0.39, 0.29) is 5.91 Å². The molecule has 0 spiro atoms. The molecule has 4 heteroatoms. The van der Waals surface area contributed by atoms with Gasteiger partial charge < -0.3 is 15.4 Å². The first-order valence-corrected chi connectivity index (χ1v) is 7.51. The van der Waals surface area contributed by atoms with Gasteiger partial charge in [0.25, 0.3) is 0 Å². The molecule has 22 heavy (non-hydrogen) atoms. The van der Waals surface area contributed by atoms with Crippen LogP contribution in [0.25, 0.3) is 0 Å². The zero-order valence-electron chi connectivity index (χ0n) is 13.1. The molecule has 0 aromatic heterocycles. The van der Waals surface area contributed by atoms with Crippen LogP contribution in [0.1, 0.15) is 19.4 Å². The van der Waals surface area contributed by atoms with Gasteiger partial charge in [-0.2, -0.15) is 0 Å². The Hall–Kier alpha value is -2.49. The summed E-state index contributed by atoms with van der Waals surface area (Å²) in [6, 6.07) is 15.7. The Kier molecular flexibility index (Phi) is 5.83. The van der Waals surface area contributed by atoms with E-state index in [2.05, 4.69) is 35.8 Å². The van der Waals surface area contributed by atoms with Crippen molar-refractivity contribution < 1.29 is 9.53 Å². The van der Waals surface area contributed by atoms with Crippen molar-refractivity contribution in [2.45, 2.75) is 20.3 Å². The number of aryl methyl sites for hydroxylation is 1. The molecule has 0 saturated carbocycles. The van der Waals surface area contributed by atoms with E-state index in [1.54, 1.807) is 0 Å². The molecule has 1 amide bonds. The highest BCUT2D eigenvalue weighted by atomic mass is 16.5. The van der Waals surface area contributed by atoms with Gasteiger partial charge in [0.15, 0.2) is 0 Å². The maximum atomic E-state index is 10.9. The maximum Gasteiger partial charge on any atom is 0.221 e. The van der Waals surface area contributed by atoms with Gasteiger partial charge in [-0.25, -0.2) is 0 Å². The fourth-order valence-electron chi connectivity index (χ4n) is 2.19. The lowest BCUT2D eigenvalue weighted by molar-refractivity contribution is -0.114. The zero-order chi connectivity index (χ0) is 15.8. The van der Waals surface area contributed by atoms with E-state index in [0.717, 1.165) is 30.1 Å². The molecular formula is C18H22N2O2. The van der Waals surface area contributed by atoms with Gasteiger partial charge in [-0.15, -0.1) is 0 Å². The van der Waals surface area contributed by atoms with E-state index >= 15 is 0 Å². The van der Waals surface area contributed by atoms with Gasteiger partial charge in [-0.3, -0.25) is 4.79 Å². The lowest BCUT2D eigenvalue weighted by Gasteiger charge is -2.12. The number of ether oxygens (including phenoxy) is 1. The van der Waals surface area contributed by atoms with Crippen LogP contribution in [-0.4, -0.2) is 19.1 Å². The molecule has 2 aromatic carbocycles. The first kappa shape index (κ1) is 15.9. The van der Waals surface area contributed by atoms with Gasteiger partial charge in [0.1, 0.15) is 12.4 Å². The largest absolute Gasteiger partial charge is 0.492 e. The number of hydrogen-bond donors (Lipinski definition) is 2. The molecular weight excluding hydrogens is 276 g/mol. The fourth-order valence-corrected chi connectivity index (χ4v) is 2.19. The van der Waals surface area contributed by atoms with Gasteiger partial charge in [-0.1, -0.05) is 25.1 Å². The third-order valence-corrected chi connectivity index (χ3v) is 3.26. The number of nitrogens with one attached hydrogen (secondary N) is 2. The summed E-state index contributed by atoms with van der Waals surface area (Å²) in [6.07, 6.45) is 1.01. The normalized spacial score (nSPS) is 10.1. The monoisotopic (exact) mass is 298 g/mol. The molecule has 0 radical (unpaired) electrons. The average Bonchev–Trinajstić information content (AvgIpc) is 2.53. The highest BCUT2D eigenvalue weighted by Gasteiger charge is 2.00. The smallest absolute Gasteiger partial charge is 0.221 e. The molecule has 0 fully saturated rings. The molecule has 0 bridgehead atoms. The van der Waals surface area contributed by atoms with Crippen LogP contribution in [-0.2, 0) is 11.2 Å². The van der Waals surface area contributed by atoms with Crippen molar-refractivity contribution in [2.24, 2.45) is 0 Å². The number of amides is 1. The standard InChI is InChI=1S/C18H22N2O2/c1-3-15-6-4-5-7-18(15)19-12-13-22-17-10-8-16(9-11-17)20-14(2)21/h4-11,19H,3,12-13H2,1-2H3,(H,20,21). The van der Waals surface area contributed by atoms with Crippen LogP contribution < -0.4 is 15.4 Å². The topological polar surface area (TPSA) is 50.4 Å². The second kappa shape index (κ2) is 8.08. The van der Waals surface area contributed by atoms with E-state index < -0.39 is 0 Å². The SMILES string of the molecule is CCc1ccccc1NCCOc1ccc(NC(C)=O)cc1. The summed E-state index contributed by atoms with van der Waals surface area (Å²) in [7, 11) is 0. The van der Waals surface area contributed by atoms with Crippen LogP contribution >= 0.6 is 0 Å². The minimum absolute atomic E-state index is 0.0764. The molecule has 2 rings (SSSR count). The second-order valence-electron chi connectivity index (χ2n) is 4.99. The van der Waals surface area contributed by atoms with Gasteiger partial charge >= 0.3 is 0 Å². The number of anilines is 2. The molecule has 116 valence electrons. The van der Waals surface area contributed by atoms with E-state index in [1.807, 2.05) is 30.3 Å². The van der Waals surface area contributed by atoms with Crippen LogP contribution in [0, 0.1) is 0 Å². The number of carbonyl (C=O) groups excluding carboxylic acids is 1. The minimum Gasteiger partial charge on any atom is -0.492 e. The van der Waals surface area contributed by atoms with Crippen molar-refractivity contribution in [3.05, 3.63) is 54.1 Å². The lowest BCUT2D eigenvalue weighted by Crippen LogP contribution is -2.12. The number of benzene rings is 2. The summed E-state index contributed by atoms with van der Waals surface area (Å²) in [4.78, 5) is 10.9. The fraction of sp³-hybridized carbons (Fsp3) is 0.278. The van der Waals surface area contributed by atoms with Crippen molar-refractivity contribution >= 4 is 17.3 Å². The van der Waals surface area contributed by atoms with Crippen molar-refractivity contribution in [1.29, 1.82) is 0 Å². The Labute approximate surface area is 131 Å². The van der Waals surface area contributed by atoms with Crippen molar-refractivity contribution in [3.63, 3.8) is 0 Å². The second-order valence-corrected chi connectivity index (χ2v) is 4.99. The van der Waals surface area contributed by atoms with Crippen LogP contribution in [0.5, 0.6) is 5.75 Å². The summed E-state index contributed by atoms with van der Waals surface area (Å²) < 4.78 is 5.69. The zero-order valence-corrected chi connectivity index (χ0v) is 13.1. The predicted octanol–water partition coefficient (Wildman–Crippen LogP) is 3.70. The van der Waals surface area contributed by atoms with Gasteiger partial charge in [0.2, 0.25) is 5.91 Å². The van der Waals surface area contributed by atoms with E-state index in [1.165, 1.54) is 12.5 Å². The Morgan fingerprint density at radius 2 is 1.82 bits per heavy atom. The van der Waals surface area contributed by atoms with Crippen LogP contribution in [0.4, 0.5) is 11.4 Å². The molecule has 2 aromatic rings. The van der Waals surface area contributed by atoms with Crippen molar-refractivity contribution in [3.8, 4) is 5.75 Å². The number of carbonyl (C=O) groups is 1. The maximum absolute atomic E-state index is 10.9. The molecule has 2 N–H and O–H groups in total. The highest BCUT2D eigenvalue weighted by molar-refractivity contribution is 5.88. The summed E-state index contributed by atoms with van der Waals surface area (Å²) in [5.74, 6) is 0.715. The van der Waals surface area contributed by atoms with Crippen molar-refractivity contribution in [2.75, 3.05) is 23.8 Å². The third kappa shape index (κ3) is 4.81. The molecule has 0 atom stereocenters. The Bertz CT molecular complexity index is 609. The van der Waals surface area contributed by atoms with E-state index in [9.17, 15) is 4.79 Å². The minimum atomic E-state index is -0.0764. The molecule has 0 aliphatic rings. The highest BCUT2D eigenvalue weighted by Crippen LogP contribution is 2.17. The number of rotatable bonds is 7. The van der Waals surface area contributed by atoms with Crippen LogP contribution in [0.3, 0.4) is 0 Å². The Balaban J connectivity index is 1.78. The summed E-state index contributed by atoms with van der Waals surface area (Å²) >= 11 is 0. The van der Waals surface area contributed by atoms with E-state index in [0.29, 0.717) is 6.61 Å². The van der Waals surface area contributed by atoms with Crippen LogP contribution in [0.15, 0.2) is 48.5 Å². The van der Waals surface area contributed by atoms with E-state index in [4.69, 9.17) is 4.74 Å².